The van der Waals surface area contributed by atoms with Crippen LogP contribution in [0, 0.1) is 0 Å². The average molecular weight is 378 g/mol. The van der Waals surface area contributed by atoms with Gasteiger partial charge in [0.2, 0.25) is 0 Å². The Morgan fingerprint density at radius 3 is 2.61 bits per heavy atom. The maximum absolute atomic E-state index is 5.68. The van der Waals surface area contributed by atoms with Gasteiger partial charge in [0.1, 0.15) is 24.7 Å². The van der Waals surface area contributed by atoms with Gasteiger partial charge in [-0.1, -0.05) is 0 Å². The molecule has 0 aliphatic carbocycles. The maximum Gasteiger partial charge on any atom is 0.163 e. The van der Waals surface area contributed by atoms with E-state index < -0.39 is 0 Å². The summed E-state index contributed by atoms with van der Waals surface area (Å²) >= 11 is 0. The number of ether oxygens (including phenoxy) is 2. The van der Waals surface area contributed by atoms with Gasteiger partial charge >= 0.3 is 0 Å². The Morgan fingerprint density at radius 2 is 1.79 bits per heavy atom. The Balaban J connectivity index is 1.42. The van der Waals surface area contributed by atoms with Crippen molar-refractivity contribution in [2.45, 2.75) is 18.8 Å². The SMILES string of the molecule is CN1CCC(c2cn(C)c3nc(Nc4ccc5c(c4)OCCO5)ccc23)CC1. The smallest absolute Gasteiger partial charge is 0.163 e. The van der Waals surface area contributed by atoms with E-state index in [0.29, 0.717) is 19.1 Å². The van der Waals surface area contributed by atoms with Crippen molar-refractivity contribution in [3.63, 3.8) is 0 Å². The molecule has 6 heteroatoms. The molecular formula is C22H26N4O2. The molecular weight excluding hydrogens is 352 g/mol. The molecule has 2 aromatic heterocycles. The van der Waals surface area contributed by atoms with Gasteiger partial charge in [-0.05, 0) is 68.7 Å². The van der Waals surface area contributed by atoms with Crippen molar-refractivity contribution in [2.75, 3.05) is 38.7 Å². The first-order valence-electron chi connectivity index (χ1n) is 9.98. The number of hydrogen-bond acceptors (Lipinski definition) is 5. The van der Waals surface area contributed by atoms with Crippen LogP contribution in [-0.4, -0.2) is 47.8 Å². The second kappa shape index (κ2) is 7.02. The molecule has 28 heavy (non-hydrogen) atoms. The number of anilines is 2. The lowest BCUT2D eigenvalue weighted by Gasteiger charge is -2.28. The highest BCUT2D eigenvalue weighted by Gasteiger charge is 2.22. The van der Waals surface area contributed by atoms with Crippen LogP contribution in [0.2, 0.25) is 0 Å². The zero-order chi connectivity index (χ0) is 19.1. The van der Waals surface area contributed by atoms with Crippen LogP contribution in [0.15, 0.2) is 36.5 Å². The van der Waals surface area contributed by atoms with E-state index in [0.717, 1.165) is 41.7 Å². The monoisotopic (exact) mass is 378 g/mol. The quantitative estimate of drug-likeness (QED) is 0.749. The first-order valence-corrected chi connectivity index (χ1v) is 9.98. The summed E-state index contributed by atoms with van der Waals surface area (Å²) in [5, 5.41) is 4.67. The molecule has 6 nitrogen and oxygen atoms in total. The summed E-state index contributed by atoms with van der Waals surface area (Å²) in [4.78, 5) is 7.29. The summed E-state index contributed by atoms with van der Waals surface area (Å²) < 4.78 is 13.4. The fourth-order valence-electron chi connectivity index (χ4n) is 4.27. The van der Waals surface area contributed by atoms with Gasteiger partial charge in [0.15, 0.2) is 11.5 Å². The third kappa shape index (κ3) is 3.18. The van der Waals surface area contributed by atoms with Crippen molar-refractivity contribution < 1.29 is 9.47 Å². The van der Waals surface area contributed by atoms with Crippen molar-refractivity contribution in [1.82, 2.24) is 14.5 Å². The van der Waals surface area contributed by atoms with E-state index in [1.165, 1.54) is 23.8 Å². The molecule has 2 aliphatic heterocycles. The fraction of sp³-hybridized carbons (Fsp3) is 0.409. The highest BCUT2D eigenvalue weighted by Crippen LogP contribution is 2.35. The summed E-state index contributed by atoms with van der Waals surface area (Å²) in [7, 11) is 4.29. The lowest BCUT2D eigenvalue weighted by atomic mass is 9.90. The zero-order valence-corrected chi connectivity index (χ0v) is 16.4. The first kappa shape index (κ1) is 17.4. The number of benzene rings is 1. The van der Waals surface area contributed by atoms with Crippen LogP contribution in [-0.2, 0) is 7.05 Å². The van der Waals surface area contributed by atoms with Gasteiger partial charge in [0.25, 0.3) is 0 Å². The number of hydrogen-bond donors (Lipinski definition) is 1. The Labute approximate surface area is 165 Å². The molecule has 1 aromatic carbocycles. The van der Waals surface area contributed by atoms with E-state index in [4.69, 9.17) is 14.5 Å². The molecule has 146 valence electrons. The second-order valence-electron chi connectivity index (χ2n) is 7.82. The van der Waals surface area contributed by atoms with E-state index in [2.05, 4.69) is 47.2 Å². The second-order valence-corrected chi connectivity index (χ2v) is 7.82. The van der Waals surface area contributed by atoms with Gasteiger partial charge in [-0.15, -0.1) is 0 Å². The minimum atomic E-state index is 0.587. The number of nitrogens with zero attached hydrogens (tertiary/aromatic N) is 3. The molecule has 0 bridgehead atoms. The third-order valence-corrected chi connectivity index (χ3v) is 5.83. The van der Waals surface area contributed by atoms with Gasteiger partial charge in [-0.3, -0.25) is 0 Å². The van der Waals surface area contributed by atoms with Gasteiger partial charge in [0, 0.05) is 30.4 Å². The summed E-state index contributed by atoms with van der Waals surface area (Å²) in [6, 6.07) is 10.2. The van der Waals surface area contributed by atoms with E-state index in [1.54, 1.807) is 0 Å². The number of piperidine rings is 1. The van der Waals surface area contributed by atoms with Crippen molar-refractivity contribution >= 4 is 22.5 Å². The molecule has 0 unspecified atom stereocenters. The predicted octanol–water partition coefficient (Wildman–Crippen LogP) is 3.90. The lowest BCUT2D eigenvalue weighted by Crippen LogP contribution is -2.29. The summed E-state index contributed by atoms with van der Waals surface area (Å²) in [5.41, 5.74) is 3.40. The van der Waals surface area contributed by atoms with Crippen LogP contribution in [0.25, 0.3) is 11.0 Å². The van der Waals surface area contributed by atoms with Crippen molar-refractivity contribution in [3.05, 3.63) is 42.1 Å². The molecule has 0 amide bonds. The number of likely N-dealkylation sites (tertiary alicyclic amines) is 1. The van der Waals surface area contributed by atoms with Crippen LogP contribution < -0.4 is 14.8 Å². The molecule has 1 fully saturated rings. The molecule has 3 aromatic rings. The molecule has 5 rings (SSSR count). The van der Waals surface area contributed by atoms with Gasteiger partial charge in [0.05, 0.1) is 0 Å². The van der Waals surface area contributed by atoms with Gasteiger partial charge in [-0.25, -0.2) is 4.98 Å². The maximum atomic E-state index is 5.68. The highest BCUT2D eigenvalue weighted by atomic mass is 16.6. The fourth-order valence-corrected chi connectivity index (χ4v) is 4.27. The Bertz CT molecular complexity index is 1010. The Morgan fingerprint density at radius 1 is 1.00 bits per heavy atom. The number of pyridine rings is 1. The summed E-state index contributed by atoms with van der Waals surface area (Å²) in [6.07, 6.45) is 4.70. The number of nitrogens with one attached hydrogen (secondary N) is 1. The van der Waals surface area contributed by atoms with E-state index in [-0.39, 0.29) is 0 Å². The molecule has 1 saturated heterocycles. The minimum Gasteiger partial charge on any atom is -0.486 e. The number of fused-ring (bicyclic) bond motifs is 2. The van der Waals surface area contributed by atoms with Crippen LogP contribution in [0.5, 0.6) is 11.5 Å². The van der Waals surface area contributed by atoms with Crippen molar-refractivity contribution in [2.24, 2.45) is 7.05 Å². The van der Waals surface area contributed by atoms with Crippen molar-refractivity contribution in [1.29, 1.82) is 0 Å². The van der Waals surface area contributed by atoms with E-state index in [1.807, 2.05) is 18.2 Å². The largest absolute Gasteiger partial charge is 0.486 e. The molecule has 1 N–H and O–H groups in total. The van der Waals surface area contributed by atoms with Crippen LogP contribution in [0.3, 0.4) is 0 Å². The third-order valence-electron chi connectivity index (χ3n) is 5.83. The molecule has 4 heterocycles. The predicted molar refractivity (Wildman–Crippen MR) is 111 cm³/mol. The standard InChI is InChI=1S/C22H26N4O2/c1-25-9-7-15(8-10-25)18-14-26(2)22-17(18)4-6-21(24-22)23-16-3-5-19-20(13-16)28-12-11-27-19/h3-6,13-15H,7-12H2,1-2H3,(H,23,24). The average Bonchev–Trinajstić information content (AvgIpc) is 3.05. The molecule has 2 aliphatic rings. The normalized spacial score (nSPS) is 17.8. The highest BCUT2D eigenvalue weighted by molar-refractivity contribution is 5.83. The number of aromatic nitrogens is 2. The topological polar surface area (TPSA) is 51.6 Å². The van der Waals surface area contributed by atoms with Gasteiger partial charge < -0.3 is 24.3 Å². The van der Waals surface area contributed by atoms with Crippen LogP contribution in [0.1, 0.15) is 24.3 Å². The van der Waals surface area contributed by atoms with Crippen LogP contribution >= 0.6 is 0 Å². The summed E-state index contributed by atoms with van der Waals surface area (Å²) in [5.74, 6) is 3.03. The van der Waals surface area contributed by atoms with Crippen LogP contribution in [0.4, 0.5) is 11.5 Å². The molecule has 0 atom stereocenters. The lowest BCUT2D eigenvalue weighted by molar-refractivity contribution is 0.171. The van der Waals surface area contributed by atoms with E-state index in [9.17, 15) is 0 Å². The van der Waals surface area contributed by atoms with Crippen molar-refractivity contribution in [3.8, 4) is 11.5 Å². The molecule has 0 radical (unpaired) electrons. The Kier molecular flexibility index (Phi) is 4.36. The first-order chi connectivity index (χ1) is 13.7. The zero-order valence-electron chi connectivity index (χ0n) is 16.4. The Hall–Kier alpha value is -2.73. The van der Waals surface area contributed by atoms with Gasteiger partial charge in [-0.2, -0.15) is 0 Å². The minimum absolute atomic E-state index is 0.587. The molecule has 0 spiro atoms. The number of aryl methyl sites for hydroxylation is 1. The molecule has 0 saturated carbocycles. The summed E-state index contributed by atoms with van der Waals surface area (Å²) in [6.45, 7) is 3.52. The van der Waals surface area contributed by atoms with E-state index >= 15 is 0 Å². The number of rotatable bonds is 3.